The van der Waals surface area contributed by atoms with E-state index in [9.17, 15) is 4.79 Å². The molecule has 0 radical (unpaired) electrons. The highest BCUT2D eigenvalue weighted by Gasteiger charge is 1.97. The van der Waals surface area contributed by atoms with Crippen molar-refractivity contribution in [1.29, 1.82) is 0 Å². The van der Waals surface area contributed by atoms with Gasteiger partial charge in [-0.3, -0.25) is 9.52 Å². The maximum atomic E-state index is 10.6. The Morgan fingerprint density at radius 3 is 2.81 bits per heavy atom. The first-order valence-corrected chi connectivity index (χ1v) is 6.12. The minimum Gasteiger partial charge on any atom is -0.355 e. The second kappa shape index (κ2) is 6.61. The molecule has 1 amide bonds. The van der Waals surface area contributed by atoms with Crippen LogP contribution in [0.1, 0.15) is 12.5 Å². The van der Waals surface area contributed by atoms with Crippen molar-refractivity contribution in [3.63, 3.8) is 0 Å². The monoisotopic (exact) mass is 236 g/mol. The molecular formula is C11H17BN2OS. The Kier molecular flexibility index (Phi) is 5.42. The fourth-order valence-corrected chi connectivity index (χ4v) is 1.94. The Labute approximate surface area is 102 Å². The van der Waals surface area contributed by atoms with Crippen molar-refractivity contribution in [2.45, 2.75) is 18.7 Å². The molecular weight excluding hydrogens is 219 g/mol. The molecule has 0 aliphatic heterocycles. The Bertz CT molecular complexity index is 371. The number of amides is 1. The van der Waals surface area contributed by atoms with Crippen molar-refractivity contribution in [2.75, 3.05) is 13.1 Å². The molecule has 0 heterocycles. The van der Waals surface area contributed by atoms with E-state index in [0.717, 1.165) is 6.54 Å². The molecule has 0 atom stereocenters. The Morgan fingerprint density at radius 2 is 2.19 bits per heavy atom. The standard InChI is InChI=1S/C11H17BN2OS/c1-8-7-10(3-4-11(8)12)16-14-6-5-13-9(2)15/h3-4,7,14H,5-6,12H2,1-2H3,(H,13,15). The molecule has 0 fully saturated rings. The SMILES string of the molecule is Bc1ccc(SNCCNC(C)=O)cc1C. The van der Waals surface area contributed by atoms with Gasteiger partial charge in [0.15, 0.2) is 0 Å². The average Bonchev–Trinajstić information content (AvgIpc) is 2.22. The van der Waals surface area contributed by atoms with Crippen molar-refractivity contribution in [3.05, 3.63) is 23.8 Å². The van der Waals surface area contributed by atoms with Gasteiger partial charge in [-0.05, 0) is 31.0 Å². The molecule has 0 spiro atoms. The molecule has 2 N–H and O–H groups in total. The molecule has 0 unspecified atom stereocenters. The lowest BCUT2D eigenvalue weighted by molar-refractivity contribution is -0.118. The number of hydrogen-bond donors (Lipinski definition) is 2. The van der Waals surface area contributed by atoms with Gasteiger partial charge in [0, 0.05) is 24.9 Å². The normalized spacial score (nSPS) is 10.1. The molecule has 0 aliphatic carbocycles. The molecule has 1 aromatic carbocycles. The summed E-state index contributed by atoms with van der Waals surface area (Å²) in [4.78, 5) is 11.8. The summed E-state index contributed by atoms with van der Waals surface area (Å²) in [6, 6.07) is 6.37. The van der Waals surface area contributed by atoms with Crippen LogP contribution in [0.2, 0.25) is 0 Å². The Hall–Kier alpha value is -0.935. The zero-order valence-electron chi connectivity index (χ0n) is 9.96. The van der Waals surface area contributed by atoms with Crippen LogP contribution in [0.3, 0.4) is 0 Å². The molecule has 0 bridgehead atoms. The van der Waals surface area contributed by atoms with Gasteiger partial charge in [0.05, 0.1) is 0 Å². The van der Waals surface area contributed by atoms with Crippen molar-refractivity contribution in [3.8, 4) is 0 Å². The minimum atomic E-state index is 0.0120. The zero-order valence-corrected chi connectivity index (χ0v) is 10.8. The third-order valence-corrected chi connectivity index (χ3v) is 3.11. The van der Waals surface area contributed by atoms with Gasteiger partial charge in [0.2, 0.25) is 5.91 Å². The first-order chi connectivity index (χ1) is 7.59. The molecule has 0 saturated carbocycles. The number of carbonyl (C=O) groups is 1. The molecule has 3 nitrogen and oxygen atoms in total. The van der Waals surface area contributed by atoms with E-state index in [1.807, 2.05) is 0 Å². The summed E-state index contributed by atoms with van der Waals surface area (Å²) < 4.78 is 3.21. The van der Waals surface area contributed by atoms with E-state index < -0.39 is 0 Å². The lowest BCUT2D eigenvalue weighted by Gasteiger charge is -2.06. The second-order valence-corrected chi connectivity index (χ2v) is 4.69. The van der Waals surface area contributed by atoms with E-state index in [0.29, 0.717) is 6.54 Å². The summed E-state index contributed by atoms with van der Waals surface area (Å²) in [5.41, 5.74) is 2.61. The highest BCUT2D eigenvalue weighted by atomic mass is 32.2. The fourth-order valence-electron chi connectivity index (χ4n) is 1.20. The largest absolute Gasteiger partial charge is 0.355 e. The predicted molar refractivity (Wildman–Crippen MR) is 71.9 cm³/mol. The Morgan fingerprint density at radius 1 is 1.44 bits per heavy atom. The summed E-state index contributed by atoms with van der Waals surface area (Å²) in [7, 11) is 2.11. The molecule has 0 aromatic heterocycles. The van der Waals surface area contributed by atoms with Crippen LogP contribution in [0, 0.1) is 6.92 Å². The van der Waals surface area contributed by atoms with E-state index in [-0.39, 0.29) is 5.91 Å². The van der Waals surface area contributed by atoms with Gasteiger partial charge >= 0.3 is 0 Å². The van der Waals surface area contributed by atoms with Gasteiger partial charge in [0.25, 0.3) is 0 Å². The summed E-state index contributed by atoms with van der Waals surface area (Å²) in [5, 5.41) is 2.74. The molecule has 0 saturated heterocycles. The summed E-state index contributed by atoms with van der Waals surface area (Å²) in [6.45, 7) is 5.05. The number of rotatable bonds is 5. The van der Waals surface area contributed by atoms with Crippen LogP contribution in [-0.2, 0) is 4.79 Å². The zero-order chi connectivity index (χ0) is 12.0. The molecule has 86 valence electrons. The topological polar surface area (TPSA) is 41.1 Å². The number of carbonyl (C=O) groups excluding carboxylic acids is 1. The van der Waals surface area contributed by atoms with Gasteiger partial charge < -0.3 is 5.32 Å². The summed E-state index contributed by atoms with van der Waals surface area (Å²) >= 11 is 1.59. The van der Waals surface area contributed by atoms with Crippen molar-refractivity contribution in [2.24, 2.45) is 0 Å². The fraction of sp³-hybridized carbons (Fsp3) is 0.364. The third kappa shape index (κ3) is 4.72. The number of aryl methyl sites for hydroxylation is 1. The highest BCUT2D eigenvalue weighted by molar-refractivity contribution is 7.97. The number of benzene rings is 1. The van der Waals surface area contributed by atoms with Crippen LogP contribution in [0.15, 0.2) is 23.1 Å². The van der Waals surface area contributed by atoms with Crippen LogP contribution in [0.25, 0.3) is 0 Å². The van der Waals surface area contributed by atoms with Crippen molar-refractivity contribution in [1.82, 2.24) is 10.0 Å². The first kappa shape index (κ1) is 13.1. The number of nitrogens with one attached hydrogen (secondary N) is 2. The average molecular weight is 236 g/mol. The van der Waals surface area contributed by atoms with E-state index in [1.165, 1.54) is 22.8 Å². The maximum absolute atomic E-state index is 10.6. The Balaban J connectivity index is 2.27. The summed E-state index contributed by atoms with van der Waals surface area (Å²) in [5.74, 6) is 0.0120. The van der Waals surface area contributed by atoms with Crippen LogP contribution >= 0.6 is 11.9 Å². The third-order valence-electron chi connectivity index (χ3n) is 2.27. The quantitative estimate of drug-likeness (QED) is 0.429. The smallest absolute Gasteiger partial charge is 0.216 e. The van der Waals surface area contributed by atoms with Crippen LogP contribution in [-0.4, -0.2) is 26.8 Å². The highest BCUT2D eigenvalue weighted by Crippen LogP contribution is 2.13. The van der Waals surface area contributed by atoms with Crippen LogP contribution in [0.5, 0.6) is 0 Å². The lowest BCUT2D eigenvalue weighted by Crippen LogP contribution is -2.27. The van der Waals surface area contributed by atoms with E-state index >= 15 is 0 Å². The van der Waals surface area contributed by atoms with Crippen molar-refractivity contribution < 1.29 is 4.79 Å². The molecule has 1 aromatic rings. The molecule has 1 rings (SSSR count). The number of hydrogen-bond acceptors (Lipinski definition) is 3. The van der Waals surface area contributed by atoms with Gasteiger partial charge in [0.1, 0.15) is 7.85 Å². The van der Waals surface area contributed by atoms with Gasteiger partial charge in [-0.2, -0.15) is 0 Å². The minimum absolute atomic E-state index is 0.0120. The van der Waals surface area contributed by atoms with Crippen LogP contribution < -0.4 is 15.5 Å². The first-order valence-electron chi connectivity index (χ1n) is 5.31. The molecule has 16 heavy (non-hydrogen) atoms. The van der Waals surface area contributed by atoms with Gasteiger partial charge in [-0.1, -0.05) is 17.1 Å². The van der Waals surface area contributed by atoms with Crippen LogP contribution in [0.4, 0.5) is 0 Å². The molecule has 5 heteroatoms. The second-order valence-electron chi connectivity index (χ2n) is 3.73. The van der Waals surface area contributed by atoms with E-state index in [4.69, 9.17) is 0 Å². The van der Waals surface area contributed by atoms with E-state index in [1.54, 1.807) is 11.9 Å². The molecule has 0 aliphatic rings. The van der Waals surface area contributed by atoms with Gasteiger partial charge in [-0.25, -0.2) is 0 Å². The van der Waals surface area contributed by atoms with Gasteiger partial charge in [-0.15, -0.1) is 0 Å². The van der Waals surface area contributed by atoms with E-state index in [2.05, 4.69) is 43.0 Å². The van der Waals surface area contributed by atoms with Crippen molar-refractivity contribution >= 4 is 31.2 Å². The summed E-state index contributed by atoms with van der Waals surface area (Å²) in [6.07, 6.45) is 0. The lowest BCUT2D eigenvalue weighted by atomic mass is 9.92. The predicted octanol–water partition coefficient (Wildman–Crippen LogP) is -0.0138. The maximum Gasteiger partial charge on any atom is 0.216 e.